The highest BCUT2D eigenvalue weighted by atomic mass is 35.5. The van der Waals surface area contributed by atoms with Gasteiger partial charge in [-0.15, -0.1) is 23.2 Å². The molecule has 1 N–H and O–H groups in total. The Hall–Kier alpha value is 0.830. The minimum Gasteiger partial charge on any atom is -0.376 e. The number of alkyl halides is 3. The molecule has 0 saturated carbocycles. The molecule has 10 heavy (non-hydrogen) atoms. The molecule has 0 radical (unpaired) electrons. The Kier molecular flexibility index (Phi) is 7.08. The van der Waals surface area contributed by atoms with E-state index >= 15 is 0 Å². The van der Waals surface area contributed by atoms with Crippen LogP contribution in [-0.4, -0.2) is 21.9 Å². The van der Waals surface area contributed by atoms with Gasteiger partial charge in [-0.1, -0.05) is 18.0 Å². The van der Waals surface area contributed by atoms with Crippen LogP contribution in [0.1, 0.15) is 19.3 Å². The van der Waals surface area contributed by atoms with Crippen LogP contribution in [0.2, 0.25) is 0 Å². The van der Waals surface area contributed by atoms with Crippen LogP contribution in [-0.2, 0) is 0 Å². The van der Waals surface area contributed by atoms with Gasteiger partial charge in [0.15, 0.2) is 0 Å². The fourth-order valence-electron chi connectivity index (χ4n) is 0.571. The zero-order valence-corrected chi connectivity index (χ0v) is 7.83. The summed E-state index contributed by atoms with van der Waals surface area (Å²) in [5.74, 6) is 0.641. The SMILES string of the molecule is OC(Cl)C(Cl)CCCCCl. The molecule has 4 heteroatoms. The highest BCUT2D eigenvalue weighted by Crippen LogP contribution is 2.14. The molecule has 0 aromatic carbocycles. The van der Waals surface area contributed by atoms with Gasteiger partial charge in [0.2, 0.25) is 0 Å². The van der Waals surface area contributed by atoms with Gasteiger partial charge >= 0.3 is 0 Å². The van der Waals surface area contributed by atoms with Crippen molar-refractivity contribution in [2.24, 2.45) is 0 Å². The molecular weight excluding hydrogens is 194 g/mol. The van der Waals surface area contributed by atoms with Crippen LogP contribution in [0, 0.1) is 0 Å². The lowest BCUT2D eigenvalue weighted by Crippen LogP contribution is -2.13. The average Bonchev–Trinajstić information content (AvgIpc) is 1.88. The fourth-order valence-corrected chi connectivity index (χ4v) is 1.04. The Morgan fingerprint density at radius 3 is 2.20 bits per heavy atom. The van der Waals surface area contributed by atoms with Crippen molar-refractivity contribution in [3.8, 4) is 0 Å². The van der Waals surface area contributed by atoms with Gasteiger partial charge in [-0.2, -0.15) is 0 Å². The molecule has 2 unspecified atom stereocenters. The molecule has 0 heterocycles. The molecular formula is C6H11Cl3O. The Morgan fingerprint density at radius 2 is 1.80 bits per heavy atom. The van der Waals surface area contributed by atoms with E-state index in [1.165, 1.54) is 0 Å². The van der Waals surface area contributed by atoms with E-state index in [0.29, 0.717) is 5.88 Å². The summed E-state index contributed by atoms with van der Waals surface area (Å²) in [5, 5.41) is 8.38. The number of hydrogen-bond donors (Lipinski definition) is 1. The van der Waals surface area contributed by atoms with E-state index in [1.807, 2.05) is 0 Å². The molecule has 0 saturated heterocycles. The number of rotatable bonds is 5. The monoisotopic (exact) mass is 204 g/mol. The number of hydrogen-bond acceptors (Lipinski definition) is 1. The summed E-state index contributed by atoms with van der Waals surface area (Å²) in [4.78, 5) is 0. The Morgan fingerprint density at radius 1 is 1.20 bits per heavy atom. The highest BCUT2D eigenvalue weighted by Gasteiger charge is 2.11. The van der Waals surface area contributed by atoms with Gasteiger partial charge in [0, 0.05) is 5.88 Å². The van der Waals surface area contributed by atoms with Crippen molar-refractivity contribution < 1.29 is 5.11 Å². The van der Waals surface area contributed by atoms with E-state index in [2.05, 4.69) is 0 Å². The summed E-state index contributed by atoms with van der Waals surface area (Å²) >= 11 is 16.4. The maximum absolute atomic E-state index is 8.72. The maximum Gasteiger partial charge on any atom is 0.144 e. The van der Waals surface area contributed by atoms with Gasteiger partial charge in [-0.3, -0.25) is 0 Å². The van der Waals surface area contributed by atoms with Crippen molar-refractivity contribution in [2.75, 3.05) is 5.88 Å². The molecule has 0 aliphatic heterocycles. The predicted molar refractivity (Wildman–Crippen MR) is 46.1 cm³/mol. The topological polar surface area (TPSA) is 20.2 Å². The zero-order chi connectivity index (χ0) is 7.98. The third-order valence-electron chi connectivity index (χ3n) is 1.16. The molecule has 0 rings (SSSR count). The summed E-state index contributed by atoms with van der Waals surface area (Å²) in [6.07, 6.45) is 2.56. The lowest BCUT2D eigenvalue weighted by molar-refractivity contribution is 0.245. The molecule has 0 aromatic rings. The quantitative estimate of drug-likeness (QED) is 0.540. The summed E-state index contributed by atoms with van der Waals surface area (Å²) in [6.45, 7) is 0. The number of aliphatic hydroxyl groups is 1. The Balaban J connectivity index is 3.13. The highest BCUT2D eigenvalue weighted by molar-refractivity contribution is 6.29. The number of halogens is 3. The second-order valence-electron chi connectivity index (χ2n) is 2.07. The van der Waals surface area contributed by atoms with Crippen molar-refractivity contribution in [1.82, 2.24) is 0 Å². The molecule has 0 bridgehead atoms. The lowest BCUT2D eigenvalue weighted by atomic mass is 10.2. The van der Waals surface area contributed by atoms with E-state index in [1.54, 1.807) is 0 Å². The Labute approximate surface area is 76.3 Å². The van der Waals surface area contributed by atoms with E-state index in [0.717, 1.165) is 19.3 Å². The maximum atomic E-state index is 8.72. The lowest BCUT2D eigenvalue weighted by Gasteiger charge is -2.08. The molecule has 0 amide bonds. The normalized spacial score (nSPS) is 16.8. The predicted octanol–water partition coefficient (Wildman–Crippen LogP) is 2.56. The first kappa shape index (κ1) is 10.8. The van der Waals surface area contributed by atoms with Gasteiger partial charge in [0.05, 0.1) is 5.38 Å². The third-order valence-corrected chi connectivity index (χ3v) is 2.32. The van der Waals surface area contributed by atoms with Crippen LogP contribution in [0.3, 0.4) is 0 Å². The van der Waals surface area contributed by atoms with Crippen LogP contribution < -0.4 is 0 Å². The molecule has 0 spiro atoms. The molecule has 2 atom stereocenters. The molecule has 0 fully saturated rings. The molecule has 1 nitrogen and oxygen atoms in total. The molecule has 0 aliphatic rings. The second kappa shape index (κ2) is 6.53. The van der Waals surface area contributed by atoms with Crippen molar-refractivity contribution >= 4 is 34.8 Å². The van der Waals surface area contributed by atoms with Crippen molar-refractivity contribution in [1.29, 1.82) is 0 Å². The smallest absolute Gasteiger partial charge is 0.144 e. The standard InChI is InChI=1S/C6H11Cl3O/c7-4-2-1-3-5(8)6(9)10/h5-6,10H,1-4H2. The van der Waals surface area contributed by atoms with Gasteiger partial charge < -0.3 is 5.11 Å². The van der Waals surface area contributed by atoms with Crippen LogP contribution in [0.4, 0.5) is 0 Å². The first-order valence-corrected chi connectivity index (χ1v) is 4.61. The fraction of sp³-hybridized carbons (Fsp3) is 1.00. The molecule has 62 valence electrons. The van der Waals surface area contributed by atoms with E-state index in [4.69, 9.17) is 39.9 Å². The van der Waals surface area contributed by atoms with Crippen LogP contribution in [0.25, 0.3) is 0 Å². The van der Waals surface area contributed by atoms with Crippen molar-refractivity contribution in [3.05, 3.63) is 0 Å². The van der Waals surface area contributed by atoms with Crippen LogP contribution in [0.15, 0.2) is 0 Å². The minimum absolute atomic E-state index is 0.343. The summed E-state index contributed by atoms with van der Waals surface area (Å²) in [7, 11) is 0. The van der Waals surface area contributed by atoms with Crippen molar-refractivity contribution in [3.63, 3.8) is 0 Å². The largest absolute Gasteiger partial charge is 0.376 e. The van der Waals surface area contributed by atoms with Crippen LogP contribution in [0.5, 0.6) is 0 Å². The van der Waals surface area contributed by atoms with Gasteiger partial charge in [-0.25, -0.2) is 0 Å². The second-order valence-corrected chi connectivity index (χ2v) is 3.46. The first-order chi connectivity index (χ1) is 4.68. The zero-order valence-electron chi connectivity index (χ0n) is 5.56. The molecule has 0 aliphatic carbocycles. The van der Waals surface area contributed by atoms with Crippen molar-refractivity contribution in [2.45, 2.75) is 30.2 Å². The van der Waals surface area contributed by atoms with Gasteiger partial charge in [0.1, 0.15) is 5.56 Å². The Bertz CT molecular complexity index is 77.4. The van der Waals surface area contributed by atoms with E-state index in [9.17, 15) is 0 Å². The average molecular weight is 206 g/mol. The van der Waals surface area contributed by atoms with E-state index < -0.39 is 5.56 Å². The third kappa shape index (κ3) is 5.60. The van der Waals surface area contributed by atoms with Gasteiger partial charge in [-0.05, 0) is 12.8 Å². The van der Waals surface area contributed by atoms with Crippen LogP contribution >= 0.6 is 34.8 Å². The molecule has 0 aromatic heterocycles. The van der Waals surface area contributed by atoms with Gasteiger partial charge in [0.25, 0.3) is 0 Å². The van der Waals surface area contributed by atoms with E-state index in [-0.39, 0.29) is 5.38 Å². The summed E-state index contributed by atoms with van der Waals surface area (Å²) < 4.78 is 0. The summed E-state index contributed by atoms with van der Waals surface area (Å²) in [6, 6.07) is 0. The minimum atomic E-state index is -0.933. The first-order valence-electron chi connectivity index (χ1n) is 3.20. The number of aliphatic hydroxyl groups excluding tert-OH is 1. The number of unbranched alkanes of at least 4 members (excludes halogenated alkanes) is 1. The summed E-state index contributed by atoms with van der Waals surface area (Å²) in [5.41, 5.74) is -0.933.